The van der Waals surface area contributed by atoms with Crippen molar-refractivity contribution in [3.05, 3.63) is 101 Å². The maximum atomic E-state index is 12.9. The predicted octanol–water partition coefficient (Wildman–Crippen LogP) is 5.01. The number of oxazole rings is 1. The molecule has 8 nitrogen and oxygen atoms in total. The van der Waals surface area contributed by atoms with Gasteiger partial charge < -0.3 is 23.9 Å². The van der Waals surface area contributed by atoms with E-state index in [4.69, 9.17) is 13.9 Å². The molecule has 0 unspecified atom stereocenters. The quantitative estimate of drug-likeness (QED) is 0.309. The lowest BCUT2D eigenvalue weighted by Gasteiger charge is -2.21. The second-order valence-electron chi connectivity index (χ2n) is 8.41. The highest BCUT2D eigenvalue weighted by Gasteiger charge is 2.19. The van der Waals surface area contributed by atoms with Crippen molar-refractivity contribution < 1.29 is 28.6 Å². The summed E-state index contributed by atoms with van der Waals surface area (Å²) < 4.78 is 16.8. The van der Waals surface area contributed by atoms with Crippen LogP contribution in [0.2, 0.25) is 0 Å². The minimum absolute atomic E-state index is 0.151. The number of ether oxygens (including phenoxy) is 2. The number of methoxy groups -OCH3 is 1. The van der Waals surface area contributed by atoms with E-state index >= 15 is 0 Å². The Kier molecular flexibility index (Phi) is 8.20. The van der Waals surface area contributed by atoms with E-state index in [-0.39, 0.29) is 12.5 Å². The lowest BCUT2D eigenvalue weighted by molar-refractivity contribution is -0.137. The Morgan fingerprint density at radius 3 is 2.27 bits per heavy atom. The number of carboxylic acids is 1. The van der Waals surface area contributed by atoms with Gasteiger partial charge >= 0.3 is 5.97 Å². The number of hydrogen-bond acceptors (Lipinski definition) is 6. The van der Waals surface area contributed by atoms with E-state index in [0.717, 1.165) is 22.6 Å². The van der Waals surface area contributed by atoms with Crippen LogP contribution in [-0.2, 0) is 17.8 Å². The van der Waals surface area contributed by atoms with Gasteiger partial charge in [-0.25, -0.2) is 4.98 Å². The van der Waals surface area contributed by atoms with E-state index < -0.39 is 12.5 Å². The van der Waals surface area contributed by atoms with Crippen molar-refractivity contribution in [2.75, 3.05) is 20.3 Å². The minimum atomic E-state index is -1.08. The molecule has 0 spiro atoms. The van der Waals surface area contributed by atoms with Gasteiger partial charge in [-0.15, -0.1) is 0 Å². The maximum Gasteiger partial charge on any atom is 0.323 e. The molecule has 1 N–H and O–H groups in total. The van der Waals surface area contributed by atoms with Crippen LogP contribution in [-0.4, -0.2) is 47.1 Å². The van der Waals surface area contributed by atoms with E-state index in [1.54, 1.807) is 36.4 Å². The number of carbonyl (C=O) groups excluding carboxylic acids is 1. The van der Waals surface area contributed by atoms with E-state index in [0.29, 0.717) is 36.0 Å². The predicted molar refractivity (Wildman–Crippen MR) is 138 cm³/mol. The summed E-state index contributed by atoms with van der Waals surface area (Å²) in [5.41, 5.74) is 2.95. The number of aryl methyl sites for hydroxylation is 1. The number of rotatable bonds is 11. The van der Waals surface area contributed by atoms with Gasteiger partial charge in [0.1, 0.15) is 23.8 Å². The van der Waals surface area contributed by atoms with E-state index in [2.05, 4.69) is 4.98 Å². The second-order valence-corrected chi connectivity index (χ2v) is 8.41. The SMILES string of the molecule is COc1ccc(C(=O)N(CC(=O)O)Cc2ccc(OCCc3nc(-c4ccccc4)oc3C)cc2)cc1. The molecular formula is C29H28N2O6. The third kappa shape index (κ3) is 6.76. The number of amides is 1. The summed E-state index contributed by atoms with van der Waals surface area (Å²) in [7, 11) is 1.54. The highest BCUT2D eigenvalue weighted by molar-refractivity contribution is 5.95. The van der Waals surface area contributed by atoms with Crippen LogP contribution in [0.3, 0.4) is 0 Å². The highest BCUT2D eigenvalue weighted by Crippen LogP contribution is 2.22. The van der Waals surface area contributed by atoms with E-state index in [1.165, 1.54) is 12.0 Å². The third-order valence-corrected chi connectivity index (χ3v) is 5.77. The molecule has 37 heavy (non-hydrogen) atoms. The Morgan fingerprint density at radius 2 is 1.62 bits per heavy atom. The summed E-state index contributed by atoms with van der Waals surface area (Å²) in [6, 6.07) is 23.6. The van der Waals surface area contributed by atoms with Crippen LogP contribution in [0, 0.1) is 6.92 Å². The second kappa shape index (κ2) is 11.9. The molecule has 3 aromatic carbocycles. The van der Waals surface area contributed by atoms with E-state index in [1.807, 2.05) is 49.4 Å². The van der Waals surface area contributed by atoms with Gasteiger partial charge in [0.25, 0.3) is 5.91 Å². The zero-order chi connectivity index (χ0) is 26.2. The van der Waals surface area contributed by atoms with Crippen LogP contribution < -0.4 is 9.47 Å². The molecule has 1 aromatic heterocycles. The molecule has 0 aliphatic rings. The number of nitrogens with zero attached hydrogens (tertiary/aromatic N) is 2. The molecule has 0 aliphatic heterocycles. The van der Waals surface area contributed by atoms with Gasteiger partial charge in [0.2, 0.25) is 5.89 Å². The molecule has 1 amide bonds. The van der Waals surface area contributed by atoms with Crippen molar-refractivity contribution in [1.82, 2.24) is 9.88 Å². The summed E-state index contributed by atoms with van der Waals surface area (Å²) in [5.74, 6) is 1.18. The summed E-state index contributed by atoms with van der Waals surface area (Å²) in [6.07, 6.45) is 0.590. The van der Waals surface area contributed by atoms with Crippen molar-refractivity contribution >= 4 is 11.9 Å². The van der Waals surface area contributed by atoms with Gasteiger partial charge in [-0.1, -0.05) is 30.3 Å². The third-order valence-electron chi connectivity index (χ3n) is 5.77. The summed E-state index contributed by atoms with van der Waals surface area (Å²) >= 11 is 0. The first-order valence-corrected chi connectivity index (χ1v) is 11.8. The van der Waals surface area contributed by atoms with Crippen molar-refractivity contribution in [3.8, 4) is 23.0 Å². The molecule has 0 aliphatic carbocycles. The lowest BCUT2D eigenvalue weighted by atomic mass is 10.1. The summed E-state index contributed by atoms with van der Waals surface area (Å²) in [4.78, 5) is 30.2. The standard InChI is InChI=1S/C29H28N2O6/c1-20-26(30-28(37-20)22-6-4-3-5-7-22)16-17-36-25-12-8-21(9-13-25)18-31(19-27(32)33)29(34)23-10-14-24(35-2)15-11-23/h3-15H,16-19H2,1-2H3,(H,32,33). The van der Waals surface area contributed by atoms with Gasteiger partial charge in [-0.3, -0.25) is 9.59 Å². The lowest BCUT2D eigenvalue weighted by Crippen LogP contribution is -2.35. The molecule has 4 rings (SSSR count). The van der Waals surface area contributed by atoms with Crippen molar-refractivity contribution in [2.45, 2.75) is 19.9 Å². The molecule has 0 saturated heterocycles. The van der Waals surface area contributed by atoms with Crippen LogP contribution in [0.25, 0.3) is 11.5 Å². The normalized spacial score (nSPS) is 10.6. The smallest absolute Gasteiger partial charge is 0.323 e. The molecule has 8 heteroatoms. The first kappa shape index (κ1) is 25.5. The zero-order valence-electron chi connectivity index (χ0n) is 20.7. The molecule has 1 heterocycles. The number of carboxylic acid groups (broad SMARTS) is 1. The Morgan fingerprint density at radius 1 is 0.946 bits per heavy atom. The van der Waals surface area contributed by atoms with Gasteiger partial charge in [0.15, 0.2) is 0 Å². The fourth-order valence-electron chi connectivity index (χ4n) is 3.82. The first-order valence-electron chi connectivity index (χ1n) is 11.8. The Hall–Kier alpha value is -4.59. The molecule has 0 radical (unpaired) electrons. The zero-order valence-corrected chi connectivity index (χ0v) is 20.7. The number of benzene rings is 3. The molecule has 0 fully saturated rings. The highest BCUT2D eigenvalue weighted by atomic mass is 16.5. The van der Waals surface area contributed by atoms with Crippen LogP contribution in [0.5, 0.6) is 11.5 Å². The van der Waals surface area contributed by atoms with Crippen LogP contribution in [0.1, 0.15) is 27.4 Å². The Balaban J connectivity index is 1.35. The number of aliphatic carboxylic acids is 1. The minimum Gasteiger partial charge on any atom is -0.497 e. The molecule has 4 aromatic rings. The average Bonchev–Trinajstić information content (AvgIpc) is 3.29. The van der Waals surface area contributed by atoms with Crippen LogP contribution in [0.4, 0.5) is 0 Å². The van der Waals surface area contributed by atoms with Gasteiger partial charge in [-0.2, -0.15) is 0 Å². The molecule has 0 saturated carbocycles. The number of hydrogen-bond donors (Lipinski definition) is 1. The maximum absolute atomic E-state index is 12.9. The van der Waals surface area contributed by atoms with Crippen molar-refractivity contribution in [1.29, 1.82) is 0 Å². The summed E-state index contributed by atoms with van der Waals surface area (Å²) in [6.45, 7) is 2.05. The Labute approximate surface area is 215 Å². The van der Waals surface area contributed by atoms with Crippen LogP contribution in [0.15, 0.2) is 83.3 Å². The molecule has 0 bridgehead atoms. The number of aromatic nitrogens is 1. The van der Waals surface area contributed by atoms with Crippen molar-refractivity contribution in [2.24, 2.45) is 0 Å². The topological polar surface area (TPSA) is 102 Å². The molecule has 190 valence electrons. The van der Waals surface area contributed by atoms with Gasteiger partial charge in [0.05, 0.1) is 19.4 Å². The number of carbonyl (C=O) groups is 2. The van der Waals surface area contributed by atoms with Crippen molar-refractivity contribution in [3.63, 3.8) is 0 Å². The van der Waals surface area contributed by atoms with E-state index in [9.17, 15) is 14.7 Å². The fraction of sp³-hybridized carbons (Fsp3) is 0.207. The Bertz CT molecular complexity index is 1330. The monoisotopic (exact) mass is 500 g/mol. The molecule has 0 atom stereocenters. The molecular weight excluding hydrogens is 472 g/mol. The average molecular weight is 501 g/mol. The van der Waals surface area contributed by atoms with Crippen LogP contribution >= 0.6 is 0 Å². The fourth-order valence-corrected chi connectivity index (χ4v) is 3.82. The van der Waals surface area contributed by atoms with Gasteiger partial charge in [0, 0.05) is 24.1 Å². The first-order chi connectivity index (χ1) is 17.9. The largest absolute Gasteiger partial charge is 0.497 e. The summed E-state index contributed by atoms with van der Waals surface area (Å²) in [5, 5.41) is 9.32. The van der Waals surface area contributed by atoms with Gasteiger partial charge in [-0.05, 0) is 61.0 Å².